The molecule has 0 bridgehead atoms. The molecule has 0 aromatic heterocycles. The van der Waals surface area contributed by atoms with Crippen molar-refractivity contribution < 1.29 is 9.13 Å². The molecule has 0 fully saturated rings. The van der Waals surface area contributed by atoms with Gasteiger partial charge in [-0.05, 0) is 18.2 Å². The van der Waals surface area contributed by atoms with Gasteiger partial charge in [-0.15, -0.1) is 0 Å². The lowest BCUT2D eigenvalue weighted by Gasteiger charge is -2.00. The molecular weight excluding hydrogens is 246 g/mol. The number of benzene rings is 1. The Hall–Kier alpha value is -0.540. The molecule has 0 atom stereocenters. The van der Waals surface area contributed by atoms with Crippen molar-refractivity contribution in [3.63, 3.8) is 0 Å². The van der Waals surface area contributed by atoms with E-state index in [2.05, 4.69) is 15.9 Å². The lowest BCUT2D eigenvalue weighted by Crippen LogP contribution is -1.86. The highest BCUT2D eigenvalue weighted by Crippen LogP contribution is 2.19. The summed E-state index contributed by atoms with van der Waals surface area (Å²) in [6.07, 6.45) is 0. The van der Waals surface area contributed by atoms with Crippen molar-refractivity contribution in [3.05, 3.63) is 40.3 Å². The summed E-state index contributed by atoms with van der Waals surface area (Å²) >= 11 is 8.43. The summed E-state index contributed by atoms with van der Waals surface area (Å²) in [7, 11) is 0. The first kappa shape index (κ1) is 9.55. The second-order valence-electron chi connectivity index (χ2n) is 1.97. The maximum atomic E-state index is 12.5. The largest absolute Gasteiger partial charge is 0.431 e. The van der Waals surface area contributed by atoms with Crippen LogP contribution in [0.3, 0.4) is 0 Å². The maximum absolute atomic E-state index is 12.5. The third-order valence-corrected chi connectivity index (χ3v) is 1.69. The van der Waals surface area contributed by atoms with Crippen LogP contribution < -0.4 is 4.74 Å². The third-order valence-electron chi connectivity index (χ3n) is 1.10. The molecule has 0 saturated carbocycles. The molecule has 0 aliphatic heterocycles. The van der Waals surface area contributed by atoms with Crippen LogP contribution in [0.5, 0.6) is 5.75 Å². The fourth-order valence-corrected chi connectivity index (χ4v) is 0.939. The van der Waals surface area contributed by atoms with Gasteiger partial charge in [0.1, 0.15) is 5.75 Å². The van der Waals surface area contributed by atoms with Gasteiger partial charge in [-0.2, -0.15) is 4.39 Å². The molecule has 0 unspecified atom stereocenters. The van der Waals surface area contributed by atoms with Crippen LogP contribution >= 0.6 is 27.5 Å². The van der Waals surface area contributed by atoms with E-state index < -0.39 is 6.01 Å². The van der Waals surface area contributed by atoms with Gasteiger partial charge in [0.25, 0.3) is 6.01 Å². The van der Waals surface area contributed by atoms with Crippen molar-refractivity contribution in [3.8, 4) is 5.75 Å². The van der Waals surface area contributed by atoms with Gasteiger partial charge in [0.15, 0.2) is 0 Å². The zero-order valence-electron chi connectivity index (χ0n) is 5.93. The molecule has 1 aromatic carbocycles. The van der Waals surface area contributed by atoms with Gasteiger partial charge in [-0.25, -0.2) is 0 Å². The molecule has 0 saturated heterocycles. The van der Waals surface area contributed by atoms with Crippen molar-refractivity contribution in [1.29, 1.82) is 0 Å². The van der Waals surface area contributed by atoms with Gasteiger partial charge in [0.2, 0.25) is 0 Å². The number of ether oxygens (including phenoxy) is 1. The maximum Gasteiger partial charge on any atom is 0.285 e. The normalized spacial score (nSPS) is 11.4. The predicted molar refractivity (Wildman–Crippen MR) is 50.2 cm³/mol. The number of rotatable bonds is 2. The van der Waals surface area contributed by atoms with Crippen molar-refractivity contribution >= 4 is 27.5 Å². The van der Waals surface area contributed by atoms with Crippen LogP contribution in [-0.4, -0.2) is 0 Å². The lowest BCUT2D eigenvalue weighted by atomic mass is 10.3. The zero-order chi connectivity index (χ0) is 8.97. The monoisotopic (exact) mass is 250 g/mol. The molecule has 0 aliphatic carbocycles. The van der Waals surface area contributed by atoms with Crippen molar-refractivity contribution in [2.45, 2.75) is 0 Å². The molecule has 1 nitrogen and oxygen atoms in total. The molecule has 0 N–H and O–H groups in total. The summed E-state index contributed by atoms with van der Waals surface area (Å²) in [6.45, 7) is 0. The summed E-state index contributed by atoms with van der Waals surface area (Å²) in [5.74, 6) is 0.371. The Bertz CT molecular complexity index is 301. The number of hydrogen-bond acceptors (Lipinski definition) is 1. The Morgan fingerprint density at radius 1 is 1.58 bits per heavy atom. The molecule has 0 heterocycles. The quantitative estimate of drug-likeness (QED) is 0.725. The molecule has 4 heteroatoms. The highest BCUT2D eigenvalue weighted by molar-refractivity contribution is 9.11. The Labute approximate surface area is 82.9 Å². The van der Waals surface area contributed by atoms with Crippen LogP contribution in [0.1, 0.15) is 0 Å². The Morgan fingerprint density at radius 2 is 2.33 bits per heavy atom. The van der Waals surface area contributed by atoms with Crippen LogP contribution in [0, 0.1) is 0 Å². The molecule has 0 spiro atoms. The second kappa shape index (κ2) is 4.48. The Balaban J connectivity index is 2.76. The average molecular weight is 251 g/mol. The fraction of sp³-hybridized carbons (Fsp3) is 0. The molecular formula is C8H5BrClFO. The van der Waals surface area contributed by atoms with E-state index in [0.717, 1.165) is 4.99 Å². The van der Waals surface area contributed by atoms with Gasteiger partial charge < -0.3 is 4.74 Å². The summed E-state index contributed by atoms with van der Waals surface area (Å²) in [5, 5.41) is 0.509. The summed E-state index contributed by atoms with van der Waals surface area (Å²) < 4.78 is 17.2. The number of halogens is 3. The Kier molecular flexibility index (Phi) is 3.56. The zero-order valence-corrected chi connectivity index (χ0v) is 8.27. The molecule has 0 radical (unpaired) electrons. The highest BCUT2D eigenvalue weighted by atomic mass is 79.9. The minimum Gasteiger partial charge on any atom is -0.431 e. The van der Waals surface area contributed by atoms with Crippen LogP contribution in [-0.2, 0) is 0 Å². The lowest BCUT2D eigenvalue weighted by molar-refractivity contribution is 0.304. The fourth-order valence-electron chi connectivity index (χ4n) is 0.665. The Morgan fingerprint density at radius 3 is 2.92 bits per heavy atom. The van der Waals surface area contributed by atoms with E-state index in [1.807, 2.05) is 0 Å². The van der Waals surface area contributed by atoms with Gasteiger partial charge >= 0.3 is 0 Å². The molecule has 0 aliphatic rings. The first-order chi connectivity index (χ1) is 5.72. The van der Waals surface area contributed by atoms with E-state index >= 15 is 0 Å². The molecule has 0 amide bonds. The number of hydrogen-bond donors (Lipinski definition) is 0. The summed E-state index contributed by atoms with van der Waals surface area (Å²) in [5.41, 5.74) is 0. The second-order valence-corrected chi connectivity index (χ2v) is 2.87. The summed E-state index contributed by atoms with van der Waals surface area (Å²) in [6, 6.07) is 5.79. The molecule has 1 aromatic rings. The van der Waals surface area contributed by atoms with E-state index in [0.29, 0.717) is 10.8 Å². The first-order valence-electron chi connectivity index (χ1n) is 3.11. The topological polar surface area (TPSA) is 9.23 Å². The van der Waals surface area contributed by atoms with Gasteiger partial charge in [0, 0.05) is 5.02 Å². The minimum absolute atomic E-state index is 0.371. The third kappa shape index (κ3) is 2.83. The standard InChI is InChI=1S/C8H5BrClFO/c9-5-8(11)12-7-3-1-2-6(10)4-7/h1-5H. The summed E-state index contributed by atoms with van der Waals surface area (Å²) in [4.78, 5) is 1.05. The molecule has 1 rings (SSSR count). The van der Waals surface area contributed by atoms with Crippen LogP contribution in [0.15, 0.2) is 35.3 Å². The highest BCUT2D eigenvalue weighted by Gasteiger charge is 1.97. The van der Waals surface area contributed by atoms with Crippen LogP contribution in [0.2, 0.25) is 5.02 Å². The van der Waals surface area contributed by atoms with E-state index in [4.69, 9.17) is 16.3 Å². The van der Waals surface area contributed by atoms with Gasteiger partial charge in [0.05, 0.1) is 4.99 Å². The van der Waals surface area contributed by atoms with E-state index in [1.54, 1.807) is 18.2 Å². The van der Waals surface area contributed by atoms with E-state index in [-0.39, 0.29) is 0 Å². The molecule has 64 valence electrons. The van der Waals surface area contributed by atoms with E-state index in [1.165, 1.54) is 6.07 Å². The van der Waals surface area contributed by atoms with Crippen molar-refractivity contribution in [2.24, 2.45) is 0 Å². The van der Waals surface area contributed by atoms with Gasteiger partial charge in [-0.1, -0.05) is 33.6 Å². The van der Waals surface area contributed by atoms with Crippen molar-refractivity contribution in [2.75, 3.05) is 0 Å². The van der Waals surface area contributed by atoms with Crippen LogP contribution in [0.4, 0.5) is 4.39 Å². The van der Waals surface area contributed by atoms with E-state index in [9.17, 15) is 4.39 Å². The van der Waals surface area contributed by atoms with Gasteiger partial charge in [-0.3, -0.25) is 0 Å². The minimum atomic E-state index is -0.711. The average Bonchev–Trinajstić information content (AvgIpc) is 2.04. The smallest absolute Gasteiger partial charge is 0.285 e. The SMILES string of the molecule is FC(=CBr)Oc1cccc(Cl)c1. The first-order valence-corrected chi connectivity index (χ1v) is 4.41. The molecule has 12 heavy (non-hydrogen) atoms. The van der Waals surface area contributed by atoms with Crippen molar-refractivity contribution in [1.82, 2.24) is 0 Å². The van der Waals surface area contributed by atoms with Crippen LogP contribution in [0.25, 0.3) is 0 Å². The predicted octanol–water partition coefficient (Wildman–Crippen LogP) is 3.88.